The van der Waals surface area contributed by atoms with Crippen molar-refractivity contribution in [1.29, 1.82) is 0 Å². The molecule has 0 bridgehead atoms. The van der Waals surface area contributed by atoms with Crippen LogP contribution in [-0.2, 0) is 23.9 Å². The Bertz CT molecular complexity index is 1300. The van der Waals surface area contributed by atoms with Crippen molar-refractivity contribution in [2.45, 2.75) is 37.9 Å². The summed E-state index contributed by atoms with van der Waals surface area (Å²) >= 11 is 1.24. The Morgan fingerprint density at radius 2 is 1.83 bits per heavy atom. The van der Waals surface area contributed by atoms with E-state index in [1.165, 1.54) is 29.1 Å². The van der Waals surface area contributed by atoms with Gasteiger partial charge < -0.3 is 30.3 Å². The van der Waals surface area contributed by atoms with E-state index in [4.69, 9.17) is 9.47 Å². The summed E-state index contributed by atoms with van der Waals surface area (Å²) in [5.74, 6) is -2.93. The minimum Gasteiger partial charge on any atom is -0.465 e. The summed E-state index contributed by atoms with van der Waals surface area (Å²) in [6, 6.07) is 7.41. The third kappa shape index (κ3) is 8.51. The average molecular weight is 585 g/mol. The van der Waals surface area contributed by atoms with Gasteiger partial charge >= 0.3 is 11.9 Å². The van der Waals surface area contributed by atoms with Crippen molar-refractivity contribution in [2.24, 2.45) is 0 Å². The van der Waals surface area contributed by atoms with E-state index in [0.717, 1.165) is 0 Å². The fourth-order valence-electron chi connectivity index (χ4n) is 3.93. The number of nitrogens with zero attached hydrogens (tertiary/aromatic N) is 3. The smallest absolute Gasteiger partial charge is 0.343 e. The molecule has 0 spiro atoms. The van der Waals surface area contributed by atoms with E-state index in [-0.39, 0.29) is 43.4 Å². The lowest BCUT2D eigenvalue weighted by molar-refractivity contribution is -0.144. The van der Waals surface area contributed by atoms with Crippen LogP contribution >= 0.6 is 11.8 Å². The van der Waals surface area contributed by atoms with E-state index >= 15 is 0 Å². The van der Waals surface area contributed by atoms with E-state index in [2.05, 4.69) is 25.9 Å². The van der Waals surface area contributed by atoms with Gasteiger partial charge in [-0.05, 0) is 45.1 Å². The second kappa shape index (κ2) is 15.4. The lowest BCUT2D eigenvalue weighted by Crippen LogP contribution is -2.49. The highest BCUT2D eigenvalue weighted by Crippen LogP contribution is 2.21. The number of nitrogens with one attached hydrogen (secondary N) is 3. The zero-order chi connectivity index (χ0) is 29.8. The summed E-state index contributed by atoms with van der Waals surface area (Å²) in [6.45, 7) is 3.53. The van der Waals surface area contributed by atoms with E-state index in [1.54, 1.807) is 50.4 Å². The van der Waals surface area contributed by atoms with Crippen LogP contribution in [0.3, 0.4) is 0 Å². The maximum absolute atomic E-state index is 13.7. The molecule has 1 atom stereocenters. The van der Waals surface area contributed by atoms with Crippen LogP contribution in [0.1, 0.15) is 47.4 Å². The average Bonchev–Trinajstić information content (AvgIpc) is 3.48. The summed E-state index contributed by atoms with van der Waals surface area (Å²) in [6.07, 6.45) is 5.18. The SMILES string of the molecule is CCOC(=O)CNC(=O)[C@@H]1CCCN1C(=O)/C(=C/Nc1nc(SC)ncc1C(=O)OCC)NC(=O)c1ccccc1. The number of anilines is 1. The van der Waals surface area contributed by atoms with Crippen molar-refractivity contribution >= 4 is 47.2 Å². The van der Waals surface area contributed by atoms with Crippen molar-refractivity contribution in [3.05, 3.63) is 59.6 Å². The van der Waals surface area contributed by atoms with Gasteiger partial charge in [0.25, 0.3) is 11.8 Å². The molecule has 1 aliphatic rings. The van der Waals surface area contributed by atoms with Gasteiger partial charge in [0.15, 0.2) is 5.16 Å². The summed E-state index contributed by atoms with van der Waals surface area (Å²) in [5, 5.41) is 8.30. The minimum atomic E-state index is -0.869. The van der Waals surface area contributed by atoms with Gasteiger partial charge in [-0.3, -0.25) is 19.2 Å². The Kier molecular flexibility index (Phi) is 11.6. The number of esters is 2. The number of aromatic nitrogens is 2. The normalized spacial score (nSPS) is 14.7. The molecular weight excluding hydrogens is 552 g/mol. The summed E-state index contributed by atoms with van der Waals surface area (Å²) < 4.78 is 9.93. The Hall–Kier alpha value is -4.46. The Morgan fingerprint density at radius 3 is 2.51 bits per heavy atom. The molecule has 14 heteroatoms. The minimum absolute atomic E-state index is 0.0273. The molecule has 1 aromatic carbocycles. The molecule has 1 aromatic heterocycles. The van der Waals surface area contributed by atoms with Crippen LogP contribution in [0.15, 0.2) is 53.6 Å². The Labute approximate surface area is 241 Å². The third-order valence-electron chi connectivity index (χ3n) is 5.84. The first-order chi connectivity index (χ1) is 19.8. The van der Waals surface area contributed by atoms with Gasteiger partial charge in [0.1, 0.15) is 29.7 Å². The monoisotopic (exact) mass is 584 g/mol. The molecule has 41 heavy (non-hydrogen) atoms. The number of amides is 3. The van der Waals surface area contributed by atoms with Crippen LogP contribution in [0.25, 0.3) is 0 Å². The van der Waals surface area contributed by atoms with Crippen LogP contribution in [0.4, 0.5) is 5.82 Å². The number of hydrogen-bond donors (Lipinski definition) is 3. The van der Waals surface area contributed by atoms with Crippen molar-refractivity contribution in [2.75, 3.05) is 37.9 Å². The van der Waals surface area contributed by atoms with Gasteiger partial charge in [-0.1, -0.05) is 30.0 Å². The van der Waals surface area contributed by atoms with Crippen LogP contribution in [0.5, 0.6) is 0 Å². The summed E-state index contributed by atoms with van der Waals surface area (Å²) in [5.41, 5.74) is 0.137. The quantitative estimate of drug-likeness (QED) is 0.144. The van der Waals surface area contributed by atoms with E-state index < -0.39 is 35.7 Å². The van der Waals surface area contributed by atoms with Gasteiger partial charge in [0.05, 0.1) is 13.2 Å². The highest BCUT2D eigenvalue weighted by atomic mass is 32.2. The molecule has 13 nitrogen and oxygen atoms in total. The van der Waals surface area contributed by atoms with Crippen molar-refractivity contribution in [1.82, 2.24) is 25.5 Å². The predicted octanol–water partition coefficient (Wildman–Crippen LogP) is 1.73. The zero-order valence-corrected chi connectivity index (χ0v) is 23.8. The number of rotatable bonds is 12. The zero-order valence-electron chi connectivity index (χ0n) is 23.0. The fourth-order valence-corrected chi connectivity index (χ4v) is 4.27. The highest BCUT2D eigenvalue weighted by Gasteiger charge is 2.36. The van der Waals surface area contributed by atoms with Crippen LogP contribution in [-0.4, -0.2) is 83.1 Å². The molecule has 3 amide bonds. The molecule has 0 unspecified atom stereocenters. The summed E-state index contributed by atoms with van der Waals surface area (Å²) in [4.78, 5) is 73.5. The highest BCUT2D eigenvalue weighted by molar-refractivity contribution is 7.98. The van der Waals surface area contributed by atoms with Crippen LogP contribution in [0, 0.1) is 0 Å². The van der Waals surface area contributed by atoms with E-state index in [0.29, 0.717) is 23.6 Å². The number of thioether (sulfide) groups is 1. The third-order valence-corrected chi connectivity index (χ3v) is 6.40. The van der Waals surface area contributed by atoms with Crippen LogP contribution in [0.2, 0.25) is 0 Å². The number of carbonyl (C=O) groups excluding carboxylic acids is 5. The molecular formula is C27H32N6O7S. The molecule has 1 fully saturated rings. The summed E-state index contributed by atoms with van der Waals surface area (Å²) in [7, 11) is 0. The number of hydrogen-bond acceptors (Lipinski definition) is 11. The Morgan fingerprint density at radius 1 is 1.10 bits per heavy atom. The molecule has 0 saturated carbocycles. The maximum Gasteiger partial charge on any atom is 0.343 e. The Balaban J connectivity index is 1.91. The maximum atomic E-state index is 13.7. The topological polar surface area (TPSA) is 169 Å². The predicted molar refractivity (Wildman–Crippen MR) is 150 cm³/mol. The lowest BCUT2D eigenvalue weighted by atomic mass is 10.2. The number of likely N-dealkylation sites (tertiary alicyclic amines) is 1. The number of benzene rings is 1. The first-order valence-electron chi connectivity index (χ1n) is 12.9. The molecule has 2 heterocycles. The van der Waals surface area contributed by atoms with E-state index in [9.17, 15) is 24.0 Å². The van der Waals surface area contributed by atoms with Gasteiger partial charge in [-0.25, -0.2) is 14.8 Å². The van der Waals surface area contributed by atoms with Crippen molar-refractivity contribution in [3.8, 4) is 0 Å². The van der Waals surface area contributed by atoms with Crippen LogP contribution < -0.4 is 16.0 Å². The van der Waals surface area contributed by atoms with Crippen molar-refractivity contribution in [3.63, 3.8) is 0 Å². The largest absolute Gasteiger partial charge is 0.465 e. The molecule has 3 rings (SSSR count). The first-order valence-corrected chi connectivity index (χ1v) is 14.2. The van der Waals surface area contributed by atoms with Gasteiger partial charge in [0, 0.05) is 24.5 Å². The van der Waals surface area contributed by atoms with E-state index in [1.807, 2.05) is 0 Å². The number of ether oxygens (including phenoxy) is 2. The van der Waals surface area contributed by atoms with Gasteiger partial charge in [-0.2, -0.15) is 0 Å². The second-order valence-corrected chi connectivity index (χ2v) is 9.31. The second-order valence-electron chi connectivity index (χ2n) is 8.54. The molecule has 1 aliphatic heterocycles. The molecule has 0 aliphatic carbocycles. The molecule has 0 radical (unpaired) electrons. The first kappa shape index (κ1) is 31.1. The molecule has 1 saturated heterocycles. The van der Waals surface area contributed by atoms with Crippen molar-refractivity contribution < 1.29 is 33.4 Å². The molecule has 3 N–H and O–H groups in total. The fraction of sp³-hybridized carbons (Fsp3) is 0.370. The standard InChI is InChI=1S/C27H32N6O7S/c1-4-39-21(34)16-29-24(36)20-12-9-13-33(20)25(37)19(31-23(35)17-10-7-6-8-11-17)15-28-22-18(26(38)40-5-2)14-30-27(32-22)41-3/h6-8,10-11,14-15,20H,4-5,9,12-13,16H2,1-3H3,(H,29,36)(H,31,35)(H,28,30,32)/b19-15-/t20-/m0/s1. The van der Waals surface area contributed by atoms with Gasteiger partial charge in [0.2, 0.25) is 5.91 Å². The number of carbonyl (C=O) groups is 5. The molecule has 2 aromatic rings. The molecule has 218 valence electrons. The van der Waals surface area contributed by atoms with Gasteiger partial charge in [-0.15, -0.1) is 0 Å². The lowest BCUT2D eigenvalue weighted by Gasteiger charge is -2.25.